The van der Waals surface area contributed by atoms with E-state index in [1.807, 2.05) is 37.3 Å². The van der Waals surface area contributed by atoms with Crippen LogP contribution in [-0.2, 0) is 0 Å². The molecule has 0 bridgehead atoms. The number of nitrogens with one attached hydrogen (secondary N) is 1. The van der Waals surface area contributed by atoms with E-state index in [0.717, 1.165) is 11.1 Å². The highest BCUT2D eigenvalue weighted by Crippen LogP contribution is 2.26. The van der Waals surface area contributed by atoms with E-state index in [1.54, 1.807) is 12.1 Å². The smallest absolute Gasteiger partial charge is 0.119 e. The van der Waals surface area contributed by atoms with Crippen molar-refractivity contribution >= 4 is 0 Å². The van der Waals surface area contributed by atoms with E-state index >= 15 is 0 Å². The van der Waals surface area contributed by atoms with Gasteiger partial charge in [0.1, 0.15) is 11.5 Å². The highest BCUT2D eigenvalue weighted by Gasteiger charge is 2.15. The van der Waals surface area contributed by atoms with Gasteiger partial charge in [0.05, 0.1) is 12.6 Å². The van der Waals surface area contributed by atoms with Crippen LogP contribution < -0.4 is 5.32 Å². The van der Waals surface area contributed by atoms with Gasteiger partial charge in [0.15, 0.2) is 0 Å². The molecule has 4 heteroatoms. The van der Waals surface area contributed by atoms with Crippen molar-refractivity contribution in [3.63, 3.8) is 0 Å². The van der Waals surface area contributed by atoms with E-state index in [4.69, 9.17) is 0 Å². The summed E-state index contributed by atoms with van der Waals surface area (Å²) in [6.07, 6.45) is 0. The summed E-state index contributed by atoms with van der Waals surface area (Å²) in [5.41, 5.74) is 1.75. The van der Waals surface area contributed by atoms with E-state index in [2.05, 4.69) is 5.32 Å². The lowest BCUT2D eigenvalue weighted by atomic mass is 10.0. The molecule has 0 fully saturated rings. The lowest BCUT2D eigenvalue weighted by molar-refractivity contribution is 0.235. The van der Waals surface area contributed by atoms with Gasteiger partial charge in [-0.1, -0.05) is 30.3 Å². The van der Waals surface area contributed by atoms with Crippen LogP contribution in [0.15, 0.2) is 48.5 Å². The number of aromatic hydroxyl groups is 2. The molecule has 20 heavy (non-hydrogen) atoms. The quantitative estimate of drug-likeness (QED) is 0.675. The van der Waals surface area contributed by atoms with E-state index in [-0.39, 0.29) is 30.2 Å². The normalized spacial score (nSPS) is 13.9. The van der Waals surface area contributed by atoms with E-state index in [9.17, 15) is 15.3 Å². The van der Waals surface area contributed by atoms with Crippen LogP contribution in [-0.4, -0.2) is 21.9 Å². The molecule has 2 rings (SSSR count). The number of aliphatic hydroxyl groups excluding tert-OH is 1. The molecule has 0 aliphatic heterocycles. The largest absolute Gasteiger partial charge is 0.508 e. The van der Waals surface area contributed by atoms with Gasteiger partial charge in [-0.15, -0.1) is 0 Å². The Morgan fingerprint density at radius 3 is 2.10 bits per heavy atom. The maximum atomic E-state index is 9.52. The van der Waals surface area contributed by atoms with Crippen molar-refractivity contribution in [3.05, 3.63) is 59.7 Å². The summed E-state index contributed by atoms with van der Waals surface area (Å²) in [5, 5.41) is 31.8. The zero-order valence-electron chi connectivity index (χ0n) is 11.3. The summed E-state index contributed by atoms with van der Waals surface area (Å²) >= 11 is 0. The number of hydrogen-bond acceptors (Lipinski definition) is 4. The summed E-state index contributed by atoms with van der Waals surface area (Å²) < 4.78 is 0. The number of aliphatic hydroxyl groups is 1. The molecule has 0 radical (unpaired) electrons. The first-order chi connectivity index (χ1) is 9.60. The molecule has 0 saturated carbocycles. The Labute approximate surface area is 118 Å². The first-order valence-corrected chi connectivity index (χ1v) is 6.55. The summed E-state index contributed by atoms with van der Waals surface area (Å²) in [6, 6.07) is 13.8. The number of phenols is 2. The van der Waals surface area contributed by atoms with Crippen LogP contribution >= 0.6 is 0 Å². The van der Waals surface area contributed by atoms with Crippen LogP contribution in [0, 0.1) is 0 Å². The Bertz CT molecular complexity index is 537. The molecule has 4 N–H and O–H groups in total. The minimum absolute atomic E-state index is 0.0221. The number of phenolic OH excluding ortho intramolecular Hbond substituents is 2. The lowest BCUT2D eigenvalue weighted by Crippen LogP contribution is -2.27. The van der Waals surface area contributed by atoms with Gasteiger partial charge in [-0.05, 0) is 30.2 Å². The minimum atomic E-state index is -0.198. The number of benzene rings is 2. The first-order valence-electron chi connectivity index (χ1n) is 6.55. The second-order valence-corrected chi connectivity index (χ2v) is 4.82. The highest BCUT2D eigenvalue weighted by atomic mass is 16.3. The van der Waals surface area contributed by atoms with Gasteiger partial charge in [-0.3, -0.25) is 0 Å². The maximum absolute atomic E-state index is 9.52. The maximum Gasteiger partial charge on any atom is 0.119 e. The van der Waals surface area contributed by atoms with Crippen molar-refractivity contribution < 1.29 is 15.3 Å². The third-order valence-corrected chi connectivity index (χ3v) is 3.26. The molecule has 0 aliphatic carbocycles. The second kappa shape index (κ2) is 6.41. The average Bonchev–Trinajstić information content (AvgIpc) is 2.44. The molecule has 1 unspecified atom stereocenters. The van der Waals surface area contributed by atoms with E-state index < -0.39 is 0 Å². The number of rotatable bonds is 5. The molecule has 0 spiro atoms. The van der Waals surface area contributed by atoms with Crippen molar-refractivity contribution in [3.8, 4) is 11.5 Å². The lowest BCUT2D eigenvalue weighted by Gasteiger charge is -2.22. The van der Waals surface area contributed by atoms with Gasteiger partial charge in [0, 0.05) is 12.1 Å². The summed E-state index contributed by atoms with van der Waals surface area (Å²) in [7, 11) is 0. The standard InChI is InChI=1S/C16H19NO3/c1-11(13-7-14(19)9-15(20)8-13)17-16(10-18)12-5-3-2-4-6-12/h2-9,11,16-20H,10H2,1H3/t11?,16-/m1/s1. The minimum Gasteiger partial charge on any atom is -0.508 e. The van der Waals surface area contributed by atoms with Gasteiger partial charge < -0.3 is 20.6 Å². The molecule has 2 aromatic rings. The fourth-order valence-corrected chi connectivity index (χ4v) is 2.21. The summed E-state index contributed by atoms with van der Waals surface area (Å²) in [5.74, 6) is 0.0443. The molecule has 2 atom stereocenters. The molecular formula is C16H19NO3. The van der Waals surface area contributed by atoms with Crippen molar-refractivity contribution in [1.82, 2.24) is 5.32 Å². The monoisotopic (exact) mass is 273 g/mol. The zero-order chi connectivity index (χ0) is 14.5. The van der Waals surface area contributed by atoms with Crippen molar-refractivity contribution in [2.45, 2.75) is 19.0 Å². The molecule has 0 heterocycles. The zero-order valence-corrected chi connectivity index (χ0v) is 11.3. The van der Waals surface area contributed by atoms with Crippen molar-refractivity contribution in [2.24, 2.45) is 0 Å². The van der Waals surface area contributed by atoms with Crippen LogP contribution in [0.1, 0.15) is 30.1 Å². The van der Waals surface area contributed by atoms with Crippen LogP contribution in [0.5, 0.6) is 11.5 Å². The molecule has 2 aromatic carbocycles. The fourth-order valence-electron chi connectivity index (χ4n) is 2.21. The van der Waals surface area contributed by atoms with Gasteiger partial charge in [0.2, 0.25) is 0 Å². The SMILES string of the molecule is CC(N[C@H](CO)c1ccccc1)c1cc(O)cc(O)c1. The second-order valence-electron chi connectivity index (χ2n) is 4.82. The van der Waals surface area contributed by atoms with Crippen LogP contribution in [0.4, 0.5) is 0 Å². The van der Waals surface area contributed by atoms with E-state index in [1.165, 1.54) is 6.07 Å². The molecule has 0 saturated heterocycles. The fraction of sp³-hybridized carbons (Fsp3) is 0.250. The third kappa shape index (κ3) is 3.50. The Kier molecular flexibility index (Phi) is 4.61. The molecule has 106 valence electrons. The Balaban J connectivity index is 2.15. The predicted molar refractivity (Wildman–Crippen MR) is 77.6 cm³/mol. The summed E-state index contributed by atoms with van der Waals surface area (Å²) in [4.78, 5) is 0. The topological polar surface area (TPSA) is 72.7 Å². The third-order valence-electron chi connectivity index (χ3n) is 3.26. The predicted octanol–water partition coefficient (Wildman–Crippen LogP) is 2.48. The van der Waals surface area contributed by atoms with Gasteiger partial charge in [0.25, 0.3) is 0 Å². The number of hydrogen-bond donors (Lipinski definition) is 4. The van der Waals surface area contributed by atoms with Crippen LogP contribution in [0.2, 0.25) is 0 Å². The average molecular weight is 273 g/mol. The van der Waals surface area contributed by atoms with Crippen molar-refractivity contribution in [1.29, 1.82) is 0 Å². The summed E-state index contributed by atoms with van der Waals surface area (Å²) in [6.45, 7) is 1.89. The Morgan fingerprint density at radius 2 is 1.55 bits per heavy atom. The highest BCUT2D eigenvalue weighted by molar-refractivity contribution is 5.38. The van der Waals surface area contributed by atoms with Crippen molar-refractivity contribution in [2.75, 3.05) is 6.61 Å². The van der Waals surface area contributed by atoms with Crippen LogP contribution in [0.25, 0.3) is 0 Å². The molecule has 4 nitrogen and oxygen atoms in total. The van der Waals surface area contributed by atoms with E-state index in [0.29, 0.717) is 0 Å². The van der Waals surface area contributed by atoms with Gasteiger partial charge in [-0.25, -0.2) is 0 Å². The van der Waals surface area contributed by atoms with Gasteiger partial charge >= 0.3 is 0 Å². The Morgan fingerprint density at radius 1 is 0.950 bits per heavy atom. The molecule has 0 amide bonds. The Hall–Kier alpha value is -2.04. The molecule has 0 aromatic heterocycles. The first kappa shape index (κ1) is 14.4. The molecular weight excluding hydrogens is 254 g/mol. The van der Waals surface area contributed by atoms with Crippen LogP contribution in [0.3, 0.4) is 0 Å². The molecule has 0 aliphatic rings. The van der Waals surface area contributed by atoms with Gasteiger partial charge in [-0.2, -0.15) is 0 Å².